The van der Waals surface area contributed by atoms with Gasteiger partial charge in [0, 0.05) is 17.5 Å². The Balaban J connectivity index is 1.95. The zero-order chi connectivity index (χ0) is 16.8. The molecule has 0 fully saturated rings. The summed E-state index contributed by atoms with van der Waals surface area (Å²) >= 11 is 1.71. The summed E-state index contributed by atoms with van der Waals surface area (Å²) in [4.78, 5) is 15.5. The summed E-state index contributed by atoms with van der Waals surface area (Å²) in [5.41, 5.74) is 1.90. The molecule has 0 unspecified atom stereocenters. The first-order valence-electron chi connectivity index (χ1n) is 7.27. The number of hydrogen-bond donors (Lipinski definition) is 1. The van der Waals surface area contributed by atoms with Crippen LogP contribution in [-0.4, -0.2) is 38.6 Å². The van der Waals surface area contributed by atoms with Crippen LogP contribution in [0.15, 0.2) is 29.6 Å². The molecule has 5 nitrogen and oxygen atoms in total. The number of hydrogen-bond acceptors (Lipinski definition) is 5. The van der Waals surface area contributed by atoms with Crippen molar-refractivity contribution in [1.29, 1.82) is 0 Å². The largest absolute Gasteiger partial charge is 0.497 e. The summed E-state index contributed by atoms with van der Waals surface area (Å²) < 4.78 is 10.4. The second-order valence-electron chi connectivity index (χ2n) is 5.31. The molecule has 1 amide bonds. The van der Waals surface area contributed by atoms with Crippen LogP contribution in [0.25, 0.3) is 0 Å². The molecule has 1 aromatic carbocycles. The lowest BCUT2D eigenvalue weighted by atomic mass is 10.2. The normalized spacial score (nSPS) is 10.7. The van der Waals surface area contributed by atoms with Crippen molar-refractivity contribution in [3.05, 3.63) is 40.1 Å². The van der Waals surface area contributed by atoms with Gasteiger partial charge in [0.05, 0.1) is 26.5 Å². The van der Waals surface area contributed by atoms with Gasteiger partial charge in [0.1, 0.15) is 11.5 Å². The highest BCUT2D eigenvalue weighted by molar-refractivity contribution is 7.10. The SMILES string of the molecule is COc1ccc(NC(=O)CN(C)Cc2sccc2C)c(OC)c1. The van der Waals surface area contributed by atoms with E-state index in [4.69, 9.17) is 9.47 Å². The number of amides is 1. The molecule has 0 saturated carbocycles. The highest BCUT2D eigenvalue weighted by atomic mass is 32.1. The van der Waals surface area contributed by atoms with E-state index < -0.39 is 0 Å². The summed E-state index contributed by atoms with van der Waals surface area (Å²) in [6.45, 7) is 3.16. The Morgan fingerprint density at radius 3 is 2.65 bits per heavy atom. The zero-order valence-electron chi connectivity index (χ0n) is 13.9. The van der Waals surface area contributed by atoms with Crippen LogP contribution in [0.5, 0.6) is 11.5 Å². The summed E-state index contributed by atoms with van der Waals surface area (Å²) in [7, 11) is 5.09. The second-order valence-corrected chi connectivity index (χ2v) is 6.31. The molecular weight excluding hydrogens is 312 g/mol. The fourth-order valence-corrected chi connectivity index (χ4v) is 3.19. The number of benzene rings is 1. The van der Waals surface area contributed by atoms with Crippen molar-refractivity contribution in [2.45, 2.75) is 13.5 Å². The van der Waals surface area contributed by atoms with Gasteiger partial charge in [-0.25, -0.2) is 0 Å². The summed E-state index contributed by atoms with van der Waals surface area (Å²) in [5, 5.41) is 4.95. The molecule has 0 aliphatic rings. The number of rotatable bonds is 7. The molecule has 0 spiro atoms. The Morgan fingerprint density at radius 1 is 1.26 bits per heavy atom. The maximum absolute atomic E-state index is 12.2. The van der Waals surface area contributed by atoms with Crippen LogP contribution in [-0.2, 0) is 11.3 Å². The lowest BCUT2D eigenvalue weighted by Crippen LogP contribution is -2.29. The van der Waals surface area contributed by atoms with E-state index >= 15 is 0 Å². The van der Waals surface area contributed by atoms with Crippen LogP contribution in [0.3, 0.4) is 0 Å². The minimum atomic E-state index is -0.0785. The number of ether oxygens (including phenoxy) is 2. The average Bonchev–Trinajstić information content (AvgIpc) is 2.92. The van der Waals surface area contributed by atoms with Gasteiger partial charge in [0.15, 0.2) is 0 Å². The molecular formula is C17H22N2O3S. The predicted molar refractivity (Wildman–Crippen MR) is 93.6 cm³/mol. The number of carbonyl (C=O) groups excluding carboxylic acids is 1. The number of likely N-dealkylation sites (N-methyl/N-ethyl adjacent to an activating group) is 1. The average molecular weight is 334 g/mol. The molecule has 6 heteroatoms. The third-order valence-corrected chi connectivity index (χ3v) is 4.49. The minimum absolute atomic E-state index is 0.0785. The molecule has 2 aromatic rings. The van der Waals surface area contributed by atoms with Gasteiger partial charge >= 0.3 is 0 Å². The van der Waals surface area contributed by atoms with Crippen molar-refractivity contribution in [2.24, 2.45) is 0 Å². The van der Waals surface area contributed by atoms with Gasteiger partial charge in [-0.2, -0.15) is 0 Å². The van der Waals surface area contributed by atoms with Gasteiger partial charge in [-0.15, -0.1) is 11.3 Å². The van der Waals surface area contributed by atoms with Crippen molar-refractivity contribution in [1.82, 2.24) is 4.90 Å². The van der Waals surface area contributed by atoms with Crippen molar-refractivity contribution < 1.29 is 14.3 Å². The third-order valence-electron chi connectivity index (χ3n) is 3.48. The van der Waals surface area contributed by atoms with Crippen LogP contribution in [0.4, 0.5) is 5.69 Å². The van der Waals surface area contributed by atoms with E-state index in [1.54, 1.807) is 43.8 Å². The molecule has 0 bridgehead atoms. The van der Waals surface area contributed by atoms with E-state index in [-0.39, 0.29) is 5.91 Å². The Labute approximate surface area is 140 Å². The van der Waals surface area contributed by atoms with Gasteiger partial charge in [0.2, 0.25) is 5.91 Å². The molecule has 0 aliphatic carbocycles. The fraction of sp³-hybridized carbons (Fsp3) is 0.353. The van der Waals surface area contributed by atoms with Crippen LogP contribution in [0.1, 0.15) is 10.4 Å². The lowest BCUT2D eigenvalue weighted by molar-refractivity contribution is -0.117. The van der Waals surface area contributed by atoms with Gasteiger partial charge in [-0.05, 0) is 43.1 Å². The van der Waals surface area contributed by atoms with Crippen LogP contribution in [0.2, 0.25) is 0 Å². The topological polar surface area (TPSA) is 50.8 Å². The summed E-state index contributed by atoms with van der Waals surface area (Å²) in [6, 6.07) is 7.40. The Morgan fingerprint density at radius 2 is 2.04 bits per heavy atom. The molecule has 2 rings (SSSR count). The molecule has 1 heterocycles. The summed E-state index contributed by atoms with van der Waals surface area (Å²) in [5.74, 6) is 1.18. The first-order chi connectivity index (χ1) is 11.0. The van der Waals surface area contributed by atoms with Crippen molar-refractivity contribution in [3.63, 3.8) is 0 Å². The molecule has 124 valence electrons. The minimum Gasteiger partial charge on any atom is -0.497 e. The Kier molecular flexibility index (Phi) is 6.01. The van der Waals surface area contributed by atoms with E-state index in [1.165, 1.54) is 10.4 Å². The fourth-order valence-electron chi connectivity index (χ4n) is 2.20. The maximum atomic E-state index is 12.2. The third kappa shape index (κ3) is 4.71. The van der Waals surface area contributed by atoms with E-state index in [1.807, 2.05) is 11.9 Å². The number of anilines is 1. The number of aryl methyl sites for hydroxylation is 1. The van der Waals surface area contributed by atoms with Gasteiger partial charge in [-0.3, -0.25) is 9.69 Å². The molecule has 0 aliphatic heterocycles. The van der Waals surface area contributed by atoms with Crippen molar-refractivity contribution >= 4 is 22.9 Å². The molecule has 0 saturated heterocycles. The Bertz CT molecular complexity index is 670. The van der Waals surface area contributed by atoms with Crippen LogP contribution >= 0.6 is 11.3 Å². The number of methoxy groups -OCH3 is 2. The van der Waals surface area contributed by atoms with Gasteiger partial charge in [0.25, 0.3) is 0 Å². The molecule has 1 aromatic heterocycles. The standard InChI is InChI=1S/C17H22N2O3S/c1-12-7-8-23-16(12)10-19(2)11-17(20)18-14-6-5-13(21-3)9-15(14)22-4/h5-9H,10-11H2,1-4H3,(H,18,20). The first-order valence-corrected chi connectivity index (χ1v) is 8.15. The monoisotopic (exact) mass is 334 g/mol. The van der Waals surface area contributed by atoms with E-state index in [0.717, 1.165) is 6.54 Å². The van der Waals surface area contributed by atoms with Crippen molar-refractivity contribution in [2.75, 3.05) is 33.1 Å². The Hall–Kier alpha value is -2.05. The highest BCUT2D eigenvalue weighted by Gasteiger charge is 2.12. The van der Waals surface area contributed by atoms with Gasteiger partial charge in [-0.1, -0.05) is 0 Å². The maximum Gasteiger partial charge on any atom is 0.238 e. The molecule has 23 heavy (non-hydrogen) atoms. The van der Waals surface area contributed by atoms with Crippen molar-refractivity contribution in [3.8, 4) is 11.5 Å². The number of carbonyl (C=O) groups is 1. The zero-order valence-corrected chi connectivity index (χ0v) is 14.7. The predicted octanol–water partition coefficient (Wildman–Crippen LogP) is 3.14. The molecule has 1 N–H and O–H groups in total. The number of nitrogens with zero attached hydrogens (tertiary/aromatic N) is 1. The first kappa shape index (κ1) is 17.3. The molecule has 0 radical (unpaired) electrons. The summed E-state index contributed by atoms with van der Waals surface area (Å²) in [6.07, 6.45) is 0. The van der Waals surface area contributed by atoms with Crippen LogP contribution in [0, 0.1) is 6.92 Å². The smallest absolute Gasteiger partial charge is 0.238 e. The number of thiophene rings is 1. The van der Waals surface area contributed by atoms with E-state index in [9.17, 15) is 4.79 Å². The van der Waals surface area contributed by atoms with E-state index in [0.29, 0.717) is 23.7 Å². The van der Waals surface area contributed by atoms with E-state index in [2.05, 4.69) is 23.7 Å². The van der Waals surface area contributed by atoms with Crippen LogP contribution < -0.4 is 14.8 Å². The quantitative estimate of drug-likeness (QED) is 0.845. The second kappa shape index (κ2) is 7.99. The lowest BCUT2D eigenvalue weighted by Gasteiger charge is -2.17. The molecule has 0 atom stereocenters. The highest BCUT2D eigenvalue weighted by Crippen LogP contribution is 2.29. The number of nitrogens with one attached hydrogen (secondary N) is 1. The van der Waals surface area contributed by atoms with Gasteiger partial charge < -0.3 is 14.8 Å².